The Morgan fingerprint density at radius 1 is 1.06 bits per heavy atom. The topological polar surface area (TPSA) is 69.7 Å². The van der Waals surface area contributed by atoms with Gasteiger partial charge in [0, 0.05) is 11.1 Å². The number of hydrogen-bond donors (Lipinski definition) is 0. The molecular formula is C13H14O5. The Hall–Kier alpha value is -2.17. The molecule has 0 aromatic rings. The Kier molecular flexibility index (Phi) is 4.20. The molecule has 0 heterocycles. The summed E-state index contributed by atoms with van der Waals surface area (Å²) in [6, 6.07) is 0. The lowest BCUT2D eigenvalue weighted by Crippen LogP contribution is -2.24. The first kappa shape index (κ1) is 13.9. The number of ketones is 3. The molecule has 0 unspecified atom stereocenters. The van der Waals surface area contributed by atoms with E-state index in [0.29, 0.717) is 0 Å². The van der Waals surface area contributed by atoms with Gasteiger partial charge in [0.15, 0.2) is 5.78 Å². The van der Waals surface area contributed by atoms with E-state index in [1.54, 1.807) is 0 Å². The fraction of sp³-hybridized carbons (Fsp3) is 0.308. The molecule has 0 amide bonds. The van der Waals surface area contributed by atoms with Gasteiger partial charge < -0.3 is 9.47 Å². The van der Waals surface area contributed by atoms with Crippen LogP contribution in [0.5, 0.6) is 0 Å². The number of carbonyl (C=O) groups is 3. The van der Waals surface area contributed by atoms with Crippen molar-refractivity contribution >= 4 is 17.3 Å². The minimum atomic E-state index is -0.469. The van der Waals surface area contributed by atoms with Gasteiger partial charge in [-0.15, -0.1) is 0 Å². The van der Waals surface area contributed by atoms with Gasteiger partial charge in [-0.2, -0.15) is 0 Å². The zero-order chi connectivity index (χ0) is 13.9. The molecule has 0 spiro atoms. The van der Waals surface area contributed by atoms with Crippen molar-refractivity contribution in [3.63, 3.8) is 0 Å². The van der Waals surface area contributed by atoms with Crippen molar-refractivity contribution < 1.29 is 23.9 Å². The fourth-order valence-corrected chi connectivity index (χ4v) is 1.56. The van der Waals surface area contributed by atoms with Crippen LogP contribution in [0.15, 0.2) is 34.8 Å². The Morgan fingerprint density at radius 2 is 1.56 bits per heavy atom. The van der Waals surface area contributed by atoms with Gasteiger partial charge in [-0.25, -0.2) is 0 Å². The first-order valence-corrected chi connectivity index (χ1v) is 5.25. The zero-order valence-electron chi connectivity index (χ0n) is 10.7. The van der Waals surface area contributed by atoms with Crippen LogP contribution in [0.2, 0.25) is 0 Å². The van der Waals surface area contributed by atoms with Crippen LogP contribution in [-0.4, -0.2) is 31.6 Å². The second-order valence-electron chi connectivity index (χ2n) is 3.71. The second-order valence-corrected chi connectivity index (χ2v) is 3.71. The lowest BCUT2D eigenvalue weighted by Gasteiger charge is -2.18. The van der Waals surface area contributed by atoms with Gasteiger partial charge in [0.1, 0.15) is 0 Å². The average Bonchev–Trinajstić information content (AvgIpc) is 2.32. The third-order valence-electron chi connectivity index (χ3n) is 2.50. The number of hydrogen-bond acceptors (Lipinski definition) is 5. The SMILES string of the molecule is COC1=C(OC)C(=O)C(C=CC(C)=O)=C(C)C1=O. The highest BCUT2D eigenvalue weighted by Crippen LogP contribution is 2.26. The highest BCUT2D eigenvalue weighted by Gasteiger charge is 2.33. The van der Waals surface area contributed by atoms with E-state index >= 15 is 0 Å². The van der Waals surface area contributed by atoms with Crippen LogP contribution in [0.1, 0.15) is 13.8 Å². The van der Waals surface area contributed by atoms with E-state index in [2.05, 4.69) is 0 Å². The van der Waals surface area contributed by atoms with Crippen molar-refractivity contribution in [3.05, 3.63) is 34.8 Å². The highest BCUT2D eigenvalue weighted by atomic mass is 16.5. The predicted molar refractivity (Wildman–Crippen MR) is 63.6 cm³/mol. The van der Waals surface area contributed by atoms with E-state index in [1.165, 1.54) is 40.2 Å². The largest absolute Gasteiger partial charge is 0.489 e. The van der Waals surface area contributed by atoms with Crippen LogP contribution in [0.25, 0.3) is 0 Å². The zero-order valence-corrected chi connectivity index (χ0v) is 10.7. The second kappa shape index (κ2) is 5.44. The summed E-state index contributed by atoms with van der Waals surface area (Å²) in [4.78, 5) is 34.9. The van der Waals surface area contributed by atoms with E-state index in [-0.39, 0.29) is 28.4 Å². The third-order valence-corrected chi connectivity index (χ3v) is 2.50. The molecule has 0 aromatic carbocycles. The molecule has 0 saturated carbocycles. The maximum atomic E-state index is 12.1. The number of rotatable bonds is 4. The Labute approximate surface area is 105 Å². The van der Waals surface area contributed by atoms with Crippen molar-refractivity contribution in [2.24, 2.45) is 0 Å². The van der Waals surface area contributed by atoms with E-state index in [1.807, 2.05) is 0 Å². The van der Waals surface area contributed by atoms with Crippen molar-refractivity contribution in [2.75, 3.05) is 14.2 Å². The van der Waals surface area contributed by atoms with Gasteiger partial charge in [-0.3, -0.25) is 14.4 Å². The molecule has 0 aliphatic heterocycles. The molecule has 0 aromatic heterocycles. The van der Waals surface area contributed by atoms with Crippen molar-refractivity contribution in [3.8, 4) is 0 Å². The molecule has 1 rings (SSSR count). The lowest BCUT2D eigenvalue weighted by atomic mass is 9.92. The summed E-state index contributed by atoms with van der Waals surface area (Å²) in [5.41, 5.74) is 0.378. The van der Waals surface area contributed by atoms with Gasteiger partial charge >= 0.3 is 0 Å². The average molecular weight is 250 g/mol. The summed E-state index contributed by atoms with van der Waals surface area (Å²) < 4.78 is 9.77. The molecule has 0 fully saturated rings. The van der Waals surface area contributed by atoms with Gasteiger partial charge in [0.2, 0.25) is 23.1 Å². The summed E-state index contributed by atoms with van der Waals surface area (Å²) in [6.07, 6.45) is 2.55. The van der Waals surface area contributed by atoms with E-state index < -0.39 is 11.6 Å². The molecule has 1 aliphatic rings. The molecule has 0 atom stereocenters. The number of carbonyl (C=O) groups excluding carboxylic acids is 3. The first-order valence-electron chi connectivity index (χ1n) is 5.25. The maximum absolute atomic E-state index is 12.1. The fourth-order valence-electron chi connectivity index (χ4n) is 1.56. The molecule has 0 radical (unpaired) electrons. The van der Waals surface area contributed by atoms with Crippen LogP contribution in [-0.2, 0) is 23.9 Å². The van der Waals surface area contributed by atoms with Gasteiger partial charge in [-0.05, 0) is 26.0 Å². The molecule has 5 heteroatoms. The van der Waals surface area contributed by atoms with Crippen molar-refractivity contribution in [2.45, 2.75) is 13.8 Å². The van der Waals surface area contributed by atoms with Crippen LogP contribution in [0, 0.1) is 0 Å². The molecular weight excluding hydrogens is 236 g/mol. The molecule has 1 aliphatic carbocycles. The summed E-state index contributed by atoms with van der Waals surface area (Å²) in [5, 5.41) is 0. The normalized spacial score (nSPS) is 16.7. The Balaban J connectivity index is 3.31. The standard InChI is InChI=1S/C13H14O5/c1-7(14)5-6-9-8(2)10(15)12(17-3)13(18-4)11(9)16/h5-6H,1-4H3. The van der Waals surface area contributed by atoms with Crippen LogP contribution >= 0.6 is 0 Å². The smallest absolute Gasteiger partial charge is 0.232 e. The van der Waals surface area contributed by atoms with Crippen LogP contribution < -0.4 is 0 Å². The summed E-state index contributed by atoms with van der Waals surface area (Å²) in [5.74, 6) is -1.35. The summed E-state index contributed by atoms with van der Waals surface area (Å²) in [7, 11) is 2.58. The third kappa shape index (κ3) is 2.40. The minimum Gasteiger partial charge on any atom is -0.489 e. The maximum Gasteiger partial charge on any atom is 0.232 e. The number of Topliss-reactive ketones (excluding diaryl/α,β-unsaturated/α-hetero) is 2. The molecule has 0 N–H and O–H groups in total. The first-order chi connectivity index (χ1) is 8.43. The molecule has 18 heavy (non-hydrogen) atoms. The Bertz CT molecular complexity index is 505. The van der Waals surface area contributed by atoms with Crippen LogP contribution in [0.3, 0.4) is 0 Å². The van der Waals surface area contributed by atoms with Gasteiger partial charge in [0.05, 0.1) is 14.2 Å². The Morgan fingerprint density at radius 3 is 2.00 bits per heavy atom. The summed E-state index contributed by atoms with van der Waals surface area (Å²) >= 11 is 0. The van der Waals surface area contributed by atoms with Crippen molar-refractivity contribution in [1.82, 2.24) is 0 Å². The van der Waals surface area contributed by atoms with Crippen LogP contribution in [0.4, 0.5) is 0 Å². The molecule has 0 saturated heterocycles. The predicted octanol–water partition coefficient (Wildman–Crippen LogP) is 1.10. The number of allylic oxidation sites excluding steroid dienone is 4. The minimum absolute atomic E-state index is 0.111. The number of ether oxygens (including phenoxy) is 2. The quantitative estimate of drug-likeness (QED) is 0.552. The van der Waals surface area contributed by atoms with Crippen molar-refractivity contribution in [1.29, 1.82) is 0 Å². The highest BCUT2D eigenvalue weighted by molar-refractivity contribution is 6.24. The lowest BCUT2D eigenvalue weighted by molar-refractivity contribution is -0.120. The molecule has 5 nitrogen and oxygen atoms in total. The van der Waals surface area contributed by atoms with E-state index in [4.69, 9.17) is 9.47 Å². The van der Waals surface area contributed by atoms with Gasteiger partial charge in [-0.1, -0.05) is 0 Å². The molecule has 96 valence electrons. The summed E-state index contributed by atoms with van der Waals surface area (Å²) in [6.45, 7) is 2.86. The van der Waals surface area contributed by atoms with E-state index in [0.717, 1.165) is 0 Å². The van der Waals surface area contributed by atoms with E-state index in [9.17, 15) is 14.4 Å². The number of methoxy groups -OCH3 is 2. The molecule has 0 bridgehead atoms. The monoisotopic (exact) mass is 250 g/mol. The van der Waals surface area contributed by atoms with Gasteiger partial charge in [0.25, 0.3) is 0 Å².